The summed E-state index contributed by atoms with van der Waals surface area (Å²) in [5.41, 5.74) is 11.1. The predicted molar refractivity (Wildman–Crippen MR) is 88.2 cm³/mol. The molecule has 8 heteroatoms. The van der Waals surface area contributed by atoms with Gasteiger partial charge in [-0.1, -0.05) is 6.08 Å². The number of primary amides is 1. The van der Waals surface area contributed by atoms with E-state index in [1.54, 1.807) is 20.8 Å². The van der Waals surface area contributed by atoms with Gasteiger partial charge in [-0.2, -0.15) is 0 Å². The Bertz CT molecular complexity index is 534. The van der Waals surface area contributed by atoms with Crippen LogP contribution in [0.5, 0.6) is 0 Å². The summed E-state index contributed by atoms with van der Waals surface area (Å²) in [4.78, 5) is 27.1. The van der Waals surface area contributed by atoms with Crippen LogP contribution in [0.1, 0.15) is 40.0 Å². The molecule has 0 aliphatic heterocycles. The molecule has 2 unspecified atom stereocenters. The lowest BCUT2D eigenvalue weighted by atomic mass is 9.99. The summed E-state index contributed by atoms with van der Waals surface area (Å²) in [6.45, 7) is 5.40. The molecule has 0 aromatic rings. The monoisotopic (exact) mass is 323 g/mol. The molecule has 23 heavy (non-hydrogen) atoms. The summed E-state index contributed by atoms with van der Waals surface area (Å²) < 4.78 is 5.19. The molecule has 0 aromatic heterocycles. The zero-order chi connectivity index (χ0) is 17.6. The number of amides is 2. The first-order valence-corrected chi connectivity index (χ1v) is 7.44. The van der Waals surface area contributed by atoms with Gasteiger partial charge in [0.1, 0.15) is 17.4 Å². The quantitative estimate of drug-likeness (QED) is 0.443. The average molecular weight is 323 g/mol. The zero-order valence-electron chi connectivity index (χ0n) is 13.8. The fourth-order valence-electron chi connectivity index (χ4n) is 2.09. The molecular weight excluding hydrogens is 298 g/mol. The lowest BCUT2D eigenvalue weighted by Gasteiger charge is -2.23. The summed E-state index contributed by atoms with van der Waals surface area (Å²) in [7, 11) is 0. The molecule has 0 saturated carbocycles. The number of ether oxygens (including phenoxy) is 1. The summed E-state index contributed by atoms with van der Waals surface area (Å²) in [6.07, 6.45) is 4.13. The van der Waals surface area contributed by atoms with Crippen molar-refractivity contribution in [2.45, 2.75) is 51.7 Å². The Morgan fingerprint density at radius 3 is 2.57 bits per heavy atom. The maximum absolute atomic E-state index is 11.7. The van der Waals surface area contributed by atoms with Gasteiger partial charge in [-0.25, -0.2) is 4.79 Å². The molecule has 0 saturated heterocycles. The fraction of sp³-hybridized carbons (Fsp3) is 0.600. The van der Waals surface area contributed by atoms with Crippen LogP contribution >= 0.6 is 0 Å². The van der Waals surface area contributed by atoms with E-state index < -0.39 is 23.5 Å². The van der Waals surface area contributed by atoms with Crippen LogP contribution in [0.2, 0.25) is 0 Å². The number of nitrogens with one attached hydrogen (secondary N) is 2. The van der Waals surface area contributed by atoms with Gasteiger partial charge in [0, 0.05) is 11.9 Å². The van der Waals surface area contributed by atoms with Crippen LogP contribution in [0.4, 0.5) is 4.79 Å². The number of carbonyl (C=O) groups is 2. The van der Waals surface area contributed by atoms with Crippen molar-refractivity contribution in [3.05, 3.63) is 11.8 Å². The second-order valence-corrected chi connectivity index (χ2v) is 6.39. The van der Waals surface area contributed by atoms with Crippen LogP contribution < -0.4 is 16.8 Å². The van der Waals surface area contributed by atoms with Crippen LogP contribution in [0.15, 0.2) is 16.8 Å². The van der Waals surface area contributed by atoms with Gasteiger partial charge in [-0.3, -0.25) is 15.1 Å². The van der Waals surface area contributed by atoms with Crippen molar-refractivity contribution in [3.8, 4) is 0 Å². The first-order chi connectivity index (χ1) is 10.6. The van der Waals surface area contributed by atoms with E-state index in [1.165, 1.54) is 0 Å². The molecule has 1 aliphatic rings. The molecule has 0 radical (unpaired) electrons. The van der Waals surface area contributed by atoms with Gasteiger partial charge in [0.05, 0.1) is 6.04 Å². The molecule has 0 fully saturated rings. The Hall–Kier alpha value is -2.38. The molecule has 0 aromatic carbocycles. The number of hydrogen-bond acceptors (Lipinski definition) is 5. The fourth-order valence-corrected chi connectivity index (χ4v) is 2.09. The van der Waals surface area contributed by atoms with E-state index in [9.17, 15) is 9.59 Å². The molecule has 8 nitrogen and oxygen atoms in total. The van der Waals surface area contributed by atoms with E-state index in [-0.39, 0.29) is 11.9 Å². The first kappa shape index (κ1) is 18.7. The molecule has 0 heterocycles. The average Bonchev–Trinajstić information content (AvgIpc) is 2.39. The molecule has 1 rings (SSSR count). The third-order valence-corrected chi connectivity index (χ3v) is 3.17. The van der Waals surface area contributed by atoms with Crippen molar-refractivity contribution >= 4 is 24.1 Å². The Morgan fingerprint density at radius 2 is 2.13 bits per heavy atom. The number of hydrogen-bond donors (Lipinski definition) is 4. The Morgan fingerprint density at radius 1 is 1.48 bits per heavy atom. The molecule has 128 valence electrons. The highest BCUT2D eigenvalue weighted by atomic mass is 16.6. The minimum absolute atomic E-state index is 0.0504. The summed E-state index contributed by atoms with van der Waals surface area (Å²) in [6, 6.07) is -0.0963. The van der Waals surface area contributed by atoms with E-state index in [0.29, 0.717) is 19.3 Å². The molecule has 0 bridgehead atoms. The van der Waals surface area contributed by atoms with Crippen molar-refractivity contribution in [2.24, 2.45) is 22.4 Å². The number of allylic oxidation sites excluding steroid dienone is 1. The number of carbonyl (C=O) groups excluding carboxylic acids is 2. The second-order valence-electron chi connectivity index (χ2n) is 6.39. The highest BCUT2D eigenvalue weighted by molar-refractivity contribution is 6.13. The third-order valence-electron chi connectivity index (χ3n) is 3.17. The van der Waals surface area contributed by atoms with E-state index in [0.717, 1.165) is 11.9 Å². The first-order valence-electron chi connectivity index (χ1n) is 7.44. The van der Waals surface area contributed by atoms with Crippen LogP contribution in [0.25, 0.3) is 0 Å². The van der Waals surface area contributed by atoms with Crippen molar-refractivity contribution in [1.82, 2.24) is 5.32 Å². The minimum atomic E-state index is -0.972. The van der Waals surface area contributed by atoms with Gasteiger partial charge in [0.15, 0.2) is 0 Å². The van der Waals surface area contributed by atoms with Crippen LogP contribution in [-0.2, 0) is 9.53 Å². The van der Waals surface area contributed by atoms with Crippen molar-refractivity contribution < 1.29 is 14.3 Å². The summed E-state index contributed by atoms with van der Waals surface area (Å²) in [5.74, 6) is -1.62. The zero-order valence-corrected chi connectivity index (χ0v) is 13.8. The number of alkyl carbamates (subject to hydrolysis) is 1. The van der Waals surface area contributed by atoms with Crippen molar-refractivity contribution in [3.63, 3.8) is 0 Å². The van der Waals surface area contributed by atoms with Gasteiger partial charge >= 0.3 is 6.09 Å². The highest BCUT2D eigenvalue weighted by Crippen LogP contribution is 2.20. The standard InChI is InChI=1S/C15H25N5O3/c1-15(2,3)23-14(22)20-10-6-4-9(5-7-10)19-12(17)11(8-16)13(18)21/h6,8-9,11,16H,4-5,7H2,1-3H3,(H2,17,19)(H2,18,21)(H,20,22). The molecule has 2 amide bonds. The molecule has 1 aliphatic carbocycles. The van der Waals surface area contributed by atoms with Gasteiger partial charge < -0.3 is 21.6 Å². The third kappa shape index (κ3) is 6.50. The van der Waals surface area contributed by atoms with E-state index in [1.807, 2.05) is 6.08 Å². The Balaban J connectivity index is 2.59. The highest BCUT2D eigenvalue weighted by Gasteiger charge is 2.22. The van der Waals surface area contributed by atoms with Crippen LogP contribution in [0.3, 0.4) is 0 Å². The second kappa shape index (κ2) is 7.75. The number of aliphatic imine (C=N–C) groups is 1. The maximum Gasteiger partial charge on any atom is 0.411 e. The lowest BCUT2D eigenvalue weighted by molar-refractivity contribution is -0.118. The van der Waals surface area contributed by atoms with Gasteiger partial charge in [-0.15, -0.1) is 0 Å². The molecular formula is C15H25N5O3. The smallest absolute Gasteiger partial charge is 0.411 e. The number of nitrogens with zero attached hydrogens (tertiary/aromatic N) is 1. The topological polar surface area (TPSA) is 144 Å². The summed E-state index contributed by atoms with van der Waals surface area (Å²) in [5, 5.41) is 9.87. The van der Waals surface area contributed by atoms with Crippen LogP contribution in [0, 0.1) is 11.3 Å². The SMILES string of the molecule is CC(C)(C)OC(=O)NC1=CCC(N=C(N)C(C=N)C(N)=O)CC1. The largest absolute Gasteiger partial charge is 0.444 e. The number of rotatable bonds is 5. The molecule has 2 atom stereocenters. The Labute approximate surface area is 135 Å². The maximum atomic E-state index is 11.7. The van der Waals surface area contributed by atoms with Gasteiger partial charge in [0.25, 0.3) is 0 Å². The van der Waals surface area contributed by atoms with E-state index in [2.05, 4.69) is 10.3 Å². The molecule has 0 spiro atoms. The molecule has 6 N–H and O–H groups in total. The summed E-state index contributed by atoms with van der Waals surface area (Å²) >= 11 is 0. The lowest BCUT2D eigenvalue weighted by Crippen LogP contribution is -2.37. The normalized spacial score (nSPS) is 20.2. The van der Waals surface area contributed by atoms with Crippen molar-refractivity contribution in [2.75, 3.05) is 0 Å². The number of amidine groups is 1. The van der Waals surface area contributed by atoms with E-state index >= 15 is 0 Å². The van der Waals surface area contributed by atoms with Crippen LogP contribution in [-0.4, -0.2) is 35.7 Å². The van der Waals surface area contributed by atoms with Gasteiger partial charge in [-0.05, 0) is 40.0 Å². The Kier molecular flexibility index (Phi) is 6.29. The van der Waals surface area contributed by atoms with Gasteiger partial charge in [0.2, 0.25) is 5.91 Å². The van der Waals surface area contributed by atoms with E-state index in [4.69, 9.17) is 21.6 Å². The minimum Gasteiger partial charge on any atom is -0.444 e. The number of nitrogens with two attached hydrogens (primary N) is 2. The van der Waals surface area contributed by atoms with Crippen molar-refractivity contribution in [1.29, 1.82) is 5.41 Å². The predicted octanol–water partition coefficient (Wildman–Crippen LogP) is 1.06.